The van der Waals surface area contributed by atoms with Crippen molar-refractivity contribution in [3.05, 3.63) is 0 Å². The van der Waals surface area contributed by atoms with E-state index in [0.717, 1.165) is 0 Å². The SMILES string of the molecule is [2H]C1([2H])NC(=O)C([2H])([2H])C([2H])([2H])C1=O. The Morgan fingerprint density at radius 1 is 1.50 bits per heavy atom. The maximum Gasteiger partial charge on any atom is 0.220 e. The molecule has 0 atom stereocenters. The van der Waals surface area contributed by atoms with Crippen LogP contribution in [-0.4, -0.2) is 18.2 Å². The maximum absolute atomic E-state index is 11.1. The molecule has 3 nitrogen and oxygen atoms in total. The fourth-order valence-electron chi connectivity index (χ4n) is 0.290. The Morgan fingerprint density at radius 3 is 3.00 bits per heavy atom. The summed E-state index contributed by atoms with van der Waals surface area (Å²) in [6, 6.07) is 0. The highest BCUT2D eigenvalue weighted by Gasteiger charge is 2.12. The summed E-state index contributed by atoms with van der Waals surface area (Å²) in [4.78, 5) is 22.1. The predicted octanol–water partition coefficient (Wildman–Crippen LogP) is -0.535. The number of hydrogen-bond donors (Lipinski definition) is 1. The molecule has 0 saturated carbocycles. The molecule has 1 N–H and O–H groups in total. The van der Waals surface area contributed by atoms with E-state index in [2.05, 4.69) is 0 Å². The molecule has 1 aliphatic rings. The molecule has 0 aromatic carbocycles. The van der Waals surface area contributed by atoms with E-state index in [1.165, 1.54) is 5.32 Å². The van der Waals surface area contributed by atoms with Gasteiger partial charge in [-0.1, -0.05) is 0 Å². The lowest BCUT2D eigenvalue weighted by Gasteiger charge is -2.08. The van der Waals surface area contributed by atoms with Gasteiger partial charge >= 0.3 is 0 Å². The Balaban J connectivity index is 3.26. The number of amides is 1. The van der Waals surface area contributed by atoms with Gasteiger partial charge in [-0.2, -0.15) is 0 Å². The Kier molecular flexibility index (Phi) is 0.378. The fourth-order valence-corrected chi connectivity index (χ4v) is 0.290. The number of Topliss-reactive ketones (excluding diaryl/α,β-unsaturated/α-hetero) is 1. The summed E-state index contributed by atoms with van der Waals surface area (Å²) in [5.74, 6) is -3.08. The number of ketones is 1. The van der Waals surface area contributed by atoms with Crippen LogP contribution in [0, 0.1) is 0 Å². The first-order valence-electron chi connectivity index (χ1n) is 4.91. The topological polar surface area (TPSA) is 46.2 Å². The van der Waals surface area contributed by atoms with E-state index < -0.39 is 30.9 Å². The molecule has 1 heterocycles. The van der Waals surface area contributed by atoms with Crippen molar-refractivity contribution in [2.75, 3.05) is 6.50 Å². The second-order valence-corrected chi connectivity index (χ2v) is 1.16. The van der Waals surface area contributed by atoms with Gasteiger partial charge in [-0.25, -0.2) is 0 Å². The summed E-state index contributed by atoms with van der Waals surface area (Å²) in [5, 5.41) is 1.48. The van der Waals surface area contributed by atoms with Crippen LogP contribution in [0.15, 0.2) is 0 Å². The van der Waals surface area contributed by atoms with E-state index in [9.17, 15) is 9.59 Å². The van der Waals surface area contributed by atoms with Gasteiger partial charge in [-0.3, -0.25) is 9.59 Å². The van der Waals surface area contributed by atoms with E-state index in [4.69, 9.17) is 8.22 Å². The van der Waals surface area contributed by atoms with Gasteiger partial charge in [0.25, 0.3) is 0 Å². The predicted molar refractivity (Wildman–Crippen MR) is 27.3 cm³/mol. The van der Waals surface area contributed by atoms with E-state index in [-0.39, 0.29) is 0 Å². The average molecular weight is 119 g/mol. The van der Waals surface area contributed by atoms with Gasteiger partial charge in [0.15, 0.2) is 5.78 Å². The zero-order valence-corrected chi connectivity index (χ0v) is 3.82. The summed E-state index contributed by atoms with van der Waals surface area (Å²) in [7, 11) is 0. The minimum atomic E-state index is -3.15. The van der Waals surface area contributed by atoms with Crippen LogP contribution in [0.3, 0.4) is 0 Å². The number of carbonyl (C=O) groups is 2. The molecule has 44 valence electrons. The minimum absolute atomic E-state index is 1.47. The Morgan fingerprint density at radius 2 is 2.25 bits per heavy atom. The minimum Gasteiger partial charge on any atom is -0.349 e. The summed E-state index contributed by atoms with van der Waals surface area (Å²) in [6.45, 7) is -2.85. The number of carbonyl (C=O) groups excluding carboxylic acids is 2. The van der Waals surface area contributed by atoms with Crippen LogP contribution >= 0.6 is 0 Å². The molecule has 0 spiro atoms. The number of rotatable bonds is 0. The second-order valence-electron chi connectivity index (χ2n) is 1.16. The highest BCUT2D eigenvalue weighted by Crippen LogP contribution is 1.95. The summed E-state index contributed by atoms with van der Waals surface area (Å²) >= 11 is 0. The zero-order chi connectivity index (χ0) is 11.4. The second kappa shape index (κ2) is 1.94. The Bertz CT molecular complexity index is 311. The third-order valence-electron chi connectivity index (χ3n) is 0.579. The molecule has 1 rings (SSSR count). The van der Waals surface area contributed by atoms with Crippen molar-refractivity contribution in [3.63, 3.8) is 0 Å². The molecule has 1 saturated heterocycles. The first-order chi connectivity index (χ1) is 6.03. The molecule has 0 aromatic heterocycles. The van der Waals surface area contributed by atoms with Crippen molar-refractivity contribution in [2.24, 2.45) is 0 Å². The number of nitrogens with one attached hydrogen (secondary N) is 1. The molecule has 1 fully saturated rings. The van der Waals surface area contributed by atoms with Gasteiger partial charge < -0.3 is 5.32 Å². The number of hydrogen-bond acceptors (Lipinski definition) is 2. The molecule has 1 aliphatic heterocycles. The van der Waals surface area contributed by atoms with Crippen molar-refractivity contribution in [1.29, 1.82) is 0 Å². The monoisotopic (exact) mass is 119 g/mol. The number of piperidine rings is 1. The fraction of sp³-hybridized carbons (Fsp3) is 0.600. The Labute approximate surface area is 55.5 Å². The van der Waals surface area contributed by atoms with Crippen molar-refractivity contribution >= 4 is 11.7 Å². The van der Waals surface area contributed by atoms with Gasteiger partial charge in [0.05, 0.1) is 9.24 Å². The summed E-state index contributed by atoms with van der Waals surface area (Å²) < 4.78 is 42.1. The molecule has 0 unspecified atom stereocenters. The molecule has 0 aliphatic carbocycles. The normalized spacial score (nSPS) is 50.5. The van der Waals surface area contributed by atoms with Crippen molar-refractivity contribution in [1.82, 2.24) is 5.32 Å². The lowest BCUT2D eigenvalue weighted by Crippen LogP contribution is -2.34. The van der Waals surface area contributed by atoms with Gasteiger partial charge in [0.2, 0.25) is 5.91 Å². The van der Waals surface area contributed by atoms with Crippen molar-refractivity contribution in [2.45, 2.75) is 12.7 Å². The van der Waals surface area contributed by atoms with Crippen LogP contribution < -0.4 is 5.32 Å². The smallest absolute Gasteiger partial charge is 0.220 e. The Hall–Kier alpha value is -0.860. The van der Waals surface area contributed by atoms with Gasteiger partial charge in [0, 0.05) is 18.2 Å². The van der Waals surface area contributed by atoms with E-state index in [1.807, 2.05) is 0 Å². The molecule has 0 bridgehead atoms. The van der Waals surface area contributed by atoms with Gasteiger partial charge in [-0.05, 0) is 0 Å². The van der Waals surface area contributed by atoms with Crippen molar-refractivity contribution in [3.8, 4) is 0 Å². The largest absolute Gasteiger partial charge is 0.349 e. The molecular weight excluding hydrogens is 106 g/mol. The third kappa shape index (κ3) is 1.05. The van der Waals surface area contributed by atoms with Crippen LogP contribution in [0.4, 0.5) is 0 Å². The highest BCUT2D eigenvalue weighted by molar-refractivity contribution is 5.92. The summed E-state index contributed by atoms with van der Waals surface area (Å²) in [5.41, 5.74) is 0. The van der Waals surface area contributed by atoms with Crippen LogP contribution in [0.2, 0.25) is 0 Å². The van der Waals surface area contributed by atoms with Crippen LogP contribution in [0.5, 0.6) is 0 Å². The van der Waals surface area contributed by atoms with Crippen LogP contribution in [-0.2, 0) is 9.59 Å². The van der Waals surface area contributed by atoms with Crippen LogP contribution in [0.1, 0.15) is 21.0 Å². The lowest BCUT2D eigenvalue weighted by atomic mass is 10.1. The van der Waals surface area contributed by atoms with Gasteiger partial charge in [-0.15, -0.1) is 0 Å². The zero-order valence-electron chi connectivity index (χ0n) is 9.82. The highest BCUT2D eigenvalue weighted by atomic mass is 16.2. The molecule has 8 heavy (non-hydrogen) atoms. The van der Waals surface area contributed by atoms with E-state index in [1.54, 1.807) is 0 Å². The average Bonchev–Trinajstić information content (AvgIpc) is 1.99. The molecule has 1 amide bonds. The quantitative estimate of drug-likeness (QED) is 0.465. The maximum atomic E-state index is 11.1. The molecule has 0 radical (unpaired) electrons. The standard InChI is InChI=1S/C5H7NO2/c7-4-1-2-5(8)6-3-4/h1-3H2,(H,6,8)/i1D2,2D2,3D2. The van der Waals surface area contributed by atoms with E-state index in [0.29, 0.717) is 0 Å². The molecule has 0 aromatic rings. The third-order valence-corrected chi connectivity index (χ3v) is 0.579. The van der Waals surface area contributed by atoms with E-state index >= 15 is 0 Å². The first-order valence-corrected chi connectivity index (χ1v) is 1.91. The van der Waals surface area contributed by atoms with Crippen molar-refractivity contribution < 1.29 is 17.8 Å². The molecular formula is C5H7NO2. The first kappa shape index (κ1) is 1.56. The summed E-state index contributed by atoms with van der Waals surface area (Å²) in [6.07, 6.45) is -6.20. The molecule has 3 heteroatoms. The van der Waals surface area contributed by atoms with Crippen LogP contribution in [0.25, 0.3) is 0 Å². The van der Waals surface area contributed by atoms with Gasteiger partial charge in [0.1, 0.15) is 0 Å². The lowest BCUT2D eigenvalue weighted by molar-refractivity contribution is -0.129.